The molecule has 1 aromatic heterocycles. The van der Waals surface area contributed by atoms with Gasteiger partial charge in [-0.05, 0) is 37.4 Å². The lowest BCUT2D eigenvalue weighted by Crippen LogP contribution is -2.11. The Kier molecular flexibility index (Phi) is 6.49. The number of nitrogens with one attached hydrogen (secondary N) is 1. The number of H-pyrrole nitrogens is 1. The molecule has 32 heavy (non-hydrogen) atoms. The Labute approximate surface area is 182 Å². The molecule has 0 spiro atoms. The first-order valence-corrected chi connectivity index (χ1v) is 10.1. The summed E-state index contributed by atoms with van der Waals surface area (Å²) in [6, 6.07) is 3.65. The molecule has 0 unspecified atom stereocenters. The molecule has 2 aromatic carbocycles. The van der Waals surface area contributed by atoms with Crippen molar-refractivity contribution in [2.24, 2.45) is 0 Å². The summed E-state index contributed by atoms with van der Waals surface area (Å²) in [6.45, 7) is 1.57. The first-order valence-electron chi connectivity index (χ1n) is 8.86. The predicted octanol–water partition coefficient (Wildman–Crippen LogP) is 6.31. The van der Waals surface area contributed by atoms with Gasteiger partial charge in [0.05, 0.1) is 23.3 Å². The topological polar surface area (TPSA) is 51.3 Å². The SMILES string of the molecule is COc1c(Oc2cc(C(F)(F)F)c(F)cc2-c2cc(=O)c(SC)c(C)[nH]2)ccc(F)c1F. The van der Waals surface area contributed by atoms with Gasteiger partial charge in [-0.1, -0.05) is 0 Å². The number of alkyl halides is 3. The fraction of sp³-hybridized carbons (Fsp3) is 0.190. The van der Waals surface area contributed by atoms with Crippen LogP contribution in [0.4, 0.5) is 26.3 Å². The summed E-state index contributed by atoms with van der Waals surface area (Å²) in [5.74, 6) is -6.00. The molecule has 3 rings (SSSR count). The van der Waals surface area contributed by atoms with E-state index in [1.165, 1.54) is 0 Å². The van der Waals surface area contributed by atoms with Crippen molar-refractivity contribution in [1.29, 1.82) is 0 Å². The highest BCUT2D eigenvalue weighted by Crippen LogP contribution is 2.42. The van der Waals surface area contributed by atoms with Crippen molar-refractivity contribution in [3.63, 3.8) is 0 Å². The van der Waals surface area contributed by atoms with E-state index in [4.69, 9.17) is 9.47 Å². The van der Waals surface area contributed by atoms with Crippen LogP contribution < -0.4 is 14.9 Å². The van der Waals surface area contributed by atoms with Crippen LogP contribution in [0.1, 0.15) is 11.3 Å². The largest absolute Gasteiger partial charge is 0.490 e. The number of thioether (sulfide) groups is 1. The average molecular weight is 475 g/mol. The minimum absolute atomic E-state index is 0.0329. The number of rotatable bonds is 5. The second-order valence-corrected chi connectivity index (χ2v) is 7.34. The molecule has 0 aliphatic carbocycles. The molecule has 0 atom stereocenters. The minimum Gasteiger partial charge on any atom is -0.490 e. The number of pyridine rings is 1. The molecule has 1 N–H and O–H groups in total. The lowest BCUT2D eigenvalue weighted by molar-refractivity contribution is -0.140. The first-order chi connectivity index (χ1) is 15.0. The number of benzene rings is 2. The molecule has 0 aliphatic heterocycles. The van der Waals surface area contributed by atoms with Crippen molar-refractivity contribution in [2.75, 3.05) is 13.4 Å². The minimum atomic E-state index is -5.06. The Hall–Kier alpha value is -3.08. The van der Waals surface area contributed by atoms with Crippen molar-refractivity contribution in [2.45, 2.75) is 18.0 Å². The molecule has 1 heterocycles. The number of ether oxygens (including phenoxy) is 2. The van der Waals surface area contributed by atoms with Crippen LogP contribution in [0.3, 0.4) is 0 Å². The molecule has 170 valence electrons. The summed E-state index contributed by atoms with van der Waals surface area (Å²) in [5.41, 5.74) is -1.96. The van der Waals surface area contributed by atoms with Gasteiger partial charge in [-0.15, -0.1) is 11.8 Å². The van der Waals surface area contributed by atoms with Crippen molar-refractivity contribution in [3.05, 3.63) is 69.3 Å². The Bertz CT molecular complexity index is 1240. The third-order valence-corrected chi connectivity index (χ3v) is 5.38. The van der Waals surface area contributed by atoms with Gasteiger partial charge < -0.3 is 14.5 Å². The van der Waals surface area contributed by atoms with Crippen molar-refractivity contribution >= 4 is 11.8 Å². The van der Waals surface area contributed by atoms with E-state index in [-0.39, 0.29) is 11.3 Å². The van der Waals surface area contributed by atoms with Crippen LogP contribution in [0.2, 0.25) is 0 Å². The first kappa shape index (κ1) is 23.6. The lowest BCUT2D eigenvalue weighted by atomic mass is 10.0. The van der Waals surface area contributed by atoms with E-state index in [1.54, 1.807) is 13.2 Å². The summed E-state index contributed by atoms with van der Waals surface area (Å²) in [5, 5.41) is 0. The number of aromatic nitrogens is 1. The van der Waals surface area contributed by atoms with Crippen molar-refractivity contribution in [3.8, 4) is 28.5 Å². The molecule has 0 amide bonds. The van der Waals surface area contributed by atoms with E-state index in [0.717, 1.165) is 31.0 Å². The zero-order chi connectivity index (χ0) is 23.8. The maximum absolute atomic E-state index is 14.4. The number of hydrogen-bond acceptors (Lipinski definition) is 4. The Morgan fingerprint density at radius 1 is 1.00 bits per heavy atom. The Morgan fingerprint density at radius 2 is 1.69 bits per heavy atom. The zero-order valence-corrected chi connectivity index (χ0v) is 17.6. The van der Waals surface area contributed by atoms with Gasteiger partial charge in [0.25, 0.3) is 0 Å². The van der Waals surface area contributed by atoms with Crippen LogP contribution in [0, 0.1) is 24.4 Å². The van der Waals surface area contributed by atoms with Gasteiger partial charge >= 0.3 is 6.18 Å². The van der Waals surface area contributed by atoms with Gasteiger partial charge in [0.2, 0.25) is 11.6 Å². The van der Waals surface area contributed by atoms with Crippen LogP contribution in [0.5, 0.6) is 17.2 Å². The van der Waals surface area contributed by atoms with Crippen LogP contribution in [0.25, 0.3) is 11.3 Å². The third-order valence-electron chi connectivity index (χ3n) is 4.47. The van der Waals surface area contributed by atoms with Crippen LogP contribution >= 0.6 is 11.8 Å². The molecule has 4 nitrogen and oxygen atoms in total. The fourth-order valence-corrected chi connectivity index (χ4v) is 3.66. The Morgan fingerprint density at radius 3 is 2.25 bits per heavy atom. The summed E-state index contributed by atoms with van der Waals surface area (Å²) < 4.78 is 92.0. The van der Waals surface area contributed by atoms with Gasteiger partial charge in [-0.25, -0.2) is 8.78 Å². The van der Waals surface area contributed by atoms with Crippen LogP contribution in [0.15, 0.2) is 40.0 Å². The molecule has 0 saturated carbocycles. The van der Waals surface area contributed by atoms with Gasteiger partial charge in [-0.3, -0.25) is 4.79 Å². The second kappa shape index (κ2) is 8.81. The fourth-order valence-electron chi connectivity index (χ4n) is 3.04. The molecular formula is C21H15F6NO3S. The van der Waals surface area contributed by atoms with Crippen LogP contribution in [-0.2, 0) is 6.18 Å². The molecule has 0 fully saturated rings. The standard InChI is InChI=1S/C21H15F6NO3S/c1-9-20(32-3)15(29)8-14(28-9)10-6-13(23)11(21(25,26)27)7-17(10)31-16-5-4-12(22)18(24)19(16)30-2/h4-8H,1-3H3,(H,28,29). The number of methoxy groups -OCH3 is 1. The summed E-state index contributed by atoms with van der Waals surface area (Å²) >= 11 is 1.16. The lowest BCUT2D eigenvalue weighted by Gasteiger charge is -2.18. The number of halogens is 6. The number of aryl methyl sites for hydroxylation is 1. The van der Waals surface area contributed by atoms with Gasteiger partial charge in [0.1, 0.15) is 11.6 Å². The predicted molar refractivity (Wildman–Crippen MR) is 107 cm³/mol. The van der Waals surface area contributed by atoms with E-state index in [9.17, 15) is 31.1 Å². The molecule has 0 bridgehead atoms. The summed E-state index contributed by atoms with van der Waals surface area (Å²) in [4.78, 5) is 15.6. The highest BCUT2D eigenvalue weighted by molar-refractivity contribution is 7.98. The van der Waals surface area contributed by atoms with Gasteiger partial charge in [-0.2, -0.15) is 17.6 Å². The van der Waals surface area contributed by atoms with Gasteiger partial charge in [0.15, 0.2) is 17.0 Å². The maximum Gasteiger partial charge on any atom is 0.419 e. The van der Waals surface area contributed by atoms with E-state index < -0.39 is 51.9 Å². The third kappa shape index (κ3) is 4.43. The monoisotopic (exact) mass is 475 g/mol. The molecule has 3 aromatic rings. The Balaban J connectivity index is 2.27. The summed E-state index contributed by atoms with van der Waals surface area (Å²) in [7, 11) is 1.01. The number of aromatic amines is 1. The van der Waals surface area contributed by atoms with Crippen molar-refractivity contribution < 1.29 is 35.8 Å². The normalized spacial score (nSPS) is 11.5. The number of hydrogen-bond donors (Lipinski definition) is 1. The molecule has 11 heteroatoms. The maximum atomic E-state index is 14.4. The van der Waals surface area contributed by atoms with E-state index >= 15 is 0 Å². The molecule has 0 radical (unpaired) electrons. The smallest absolute Gasteiger partial charge is 0.419 e. The molecular weight excluding hydrogens is 460 g/mol. The van der Waals surface area contributed by atoms with E-state index in [2.05, 4.69) is 4.98 Å². The average Bonchev–Trinajstić information content (AvgIpc) is 2.70. The zero-order valence-electron chi connectivity index (χ0n) is 16.8. The summed E-state index contributed by atoms with van der Waals surface area (Å²) in [6.07, 6.45) is -3.40. The van der Waals surface area contributed by atoms with Crippen molar-refractivity contribution in [1.82, 2.24) is 4.98 Å². The highest BCUT2D eigenvalue weighted by atomic mass is 32.2. The van der Waals surface area contributed by atoms with Crippen LogP contribution in [-0.4, -0.2) is 18.3 Å². The second-order valence-electron chi connectivity index (χ2n) is 6.53. The van der Waals surface area contributed by atoms with E-state index in [1.807, 2.05) is 0 Å². The molecule has 0 saturated heterocycles. The quantitative estimate of drug-likeness (QED) is 0.347. The molecule has 0 aliphatic rings. The van der Waals surface area contributed by atoms with E-state index in [0.29, 0.717) is 28.8 Å². The van der Waals surface area contributed by atoms with Gasteiger partial charge in [0, 0.05) is 17.3 Å². The highest BCUT2D eigenvalue weighted by Gasteiger charge is 2.36.